The van der Waals surface area contributed by atoms with E-state index in [-0.39, 0.29) is 11.9 Å². The average molecular weight is 343 g/mol. The zero-order valence-corrected chi connectivity index (χ0v) is 14.1. The lowest BCUT2D eigenvalue weighted by Crippen LogP contribution is -2.64. The van der Waals surface area contributed by atoms with Crippen LogP contribution in [-0.4, -0.2) is 66.6 Å². The van der Waals surface area contributed by atoms with E-state index in [1.54, 1.807) is 16.9 Å². The molecule has 2 aliphatic heterocycles. The van der Waals surface area contributed by atoms with Crippen molar-refractivity contribution < 1.29 is 9.53 Å². The third-order valence-electron chi connectivity index (χ3n) is 4.61. The first-order valence-electron chi connectivity index (χ1n) is 7.84. The molecule has 0 aliphatic carbocycles. The van der Waals surface area contributed by atoms with Crippen LogP contribution in [0.2, 0.25) is 0 Å². The number of amides is 1. The number of hydrogen-bond donors (Lipinski definition) is 0. The molecule has 3 heterocycles. The van der Waals surface area contributed by atoms with Gasteiger partial charge in [0.2, 0.25) is 5.91 Å². The molecule has 0 radical (unpaired) electrons. The highest BCUT2D eigenvalue weighted by Gasteiger charge is 2.39. The molecule has 0 spiro atoms. The van der Waals surface area contributed by atoms with Crippen LogP contribution < -0.4 is 9.64 Å². The maximum absolute atomic E-state index is 12.9. The smallest absolute Gasteiger partial charge is 0.248 e. The molecule has 1 amide bonds. The molecule has 2 aliphatic rings. The second-order valence-electron chi connectivity index (χ2n) is 5.92. The fourth-order valence-corrected chi connectivity index (χ4v) is 4.28. The Hall–Kier alpha value is -2.37. The summed E-state index contributed by atoms with van der Waals surface area (Å²) in [5.41, 5.74) is 0.869. The second-order valence-corrected chi connectivity index (χ2v) is 6.93. The standard InChI is InChI=1S/C16H17N5O2S/c1-23-11-2-3-12-14(8-11)24-16(18-12)21-7-6-20-5-4-19(10-17)9-13(20)15(21)22/h2-3,8,13H,4-7,9H2,1H3/t13-/m1/s1. The predicted molar refractivity (Wildman–Crippen MR) is 91.1 cm³/mol. The Balaban J connectivity index is 1.62. The van der Waals surface area contributed by atoms with Crippen LogP contribution in [0.4, 0.5) is 5.13 Å². The van der Waals surface area contributed by atoms with Gasteiger partial charge in [-0.15, -0.1) is 0 Å². The molecule has 2 saturated heterocycles. The number of benzene rings is 1. The summed E-state index contributed by atoms with van der Waals surface area (Å²) in [7, 11) is 1.63. The van der Waals surface area contributed by atoms with Crippen LogP contribution in [0.5, 0.6) is 5.75 Å². The van der Waals surface area contributed by atoms with Crippen molar-refractivity contribution in [2.75, 3.05) is 44.7 Å². The molecule has 0 bridgehead atoms. The number of rotatable bonds is 2. The summed E-state index contributed by atoms with van der Waals surface area (Å²) in [6, 6.07) is 5.47. The first kappa shape index (κ1) is 15.2. The van der Waals surface area contributed by atoms with E-state index >= 15 is 0 Å². The normalized spacial score (nSPS) is 21.7. The van der Waals surface area contributed by atoms with Gasteiger partial charge >= 0.3 is 0 Å². The number of nitrogens with zero attached hydrogens (tertiary/aromatic N) is 5. The van der Waals surface area contributed by atoms with Crippen LogP contribution in [0.25, 0.3) is 10.2 Å². The minimum atomic E-state index is -0.256. The number of ether oxygens (including phenoxy) is 1. The monoisotopic (exact) mass is 343 g/mol. The molecule has 24 heavy (non-hydrogen) atoms. The minimum absolute atomic E-state index is 0.0345. The molecule has 0 unspecified atom stereocenters. The number of fused-ring (bicyclic) bond motifs is 2. The van der Waals surface area contributed by atoms with Gasteiger partial charge in [-0.05, 0) is 18.2 Å². The van der Waals surface area contributed by atoms with Gasteiger partial charge in [-0.2, -0.15) is 5.26 Å². The molecule has 4 rings (SSSR count). The summed E-state index contributed by atoms with van der Waals surface area (Å²) >= 11 is 1.50. The number of hydrogen-bond acceptors (Lipinski definition) is 7. The van der Waals surface area contributed by atoms with Crippen LogP contribution in [0.1, 0.15) is 0 Å². The van der Waals surface area contributed by atoms with E-state index in [2.05, 4.69) is 16.1 Å². The summed E-state index contributed by atoms with van der Waals surface area (Å²) in [5.74, 6) is 0.818. The SMILES string of the molecule is COc1ccc2nc(N3CCN4CCN(C#N)C[C@@H]4C3=O)sc2c1. The van der Waals surface area contributed by atoms with Gasteiger partial charge in [0.25, 0.3) is 0 Å². The highest BCUT2D eigenvalue weighted by Crippen LogP contribution is 2.33. The maximum Gasteiger partial charge on any atom is 0.248 e. The van der Waals surface area contributed by atoms with E-state index in [0.29, 0.717) is 19.6 Å². The molecule has 2 fully saturated rings. The van der Waals surface area contributed by atoms with Crippen LogP contribution >= 0.6 is 11.3 Å². The summed E-state index contributed by atoms with van der Waals surface area (Å²) in [6.45, 7) is 3.37. The third-order valence-corrected chi connectivity index (χ3v) is 5.65. The second kappa shape index (κ2) is 5.92. The topological polar surface area (TPSA) is 72.7 Å². The van der Waals surface area contributed by atoms with Crippen molar-refractivity contribution >= 4 is 32.6 Å². The number of anilines is 1. The molecule has 7 nitrogen and oxygen atoms in total. The molecule has 0 saturated carbocycles. The predicted octanol–water partition coefficient (Wildman–Crippen LogP) is 1.12. The van der Waals surface area contributed by atoms with Gasteiger partial charge in [0, 0.05) is 26.2 Å². The van der Waals surface area contributed by atoms with Crippen LogP contribution in [-0.2, 0) is 4.79 Å². The van der Waals surface area contributed by atoms with Gasteiger partial charge in [0.05, 0.1) is 23.9 Å². The average Bonchev–Trinajstić information content (AvgIpc) is 3.04. The fraction of sp³-hybridized carbons (Fsp3) is 0.438. The molecular formula is C16H17N5O2S. The highest BCUT2D eigenvalue weighted by molar-refractivity contribution is 7.22. The van der Waals surface area contributed by atoms with Crippen molar-refractivity contribution in [2.24, 2.45) is 0 Å². The highest BCUT2D eigenvalue weighted by atomic mass is 32.1. The lowest BCUT2D eigenvalue weighted by Gasteiger charge is -2.44. The van der Waals surface area contributed by atoms with Gasteiger partial charge in [0.15, 0.2) is 11.3 Å². The first-order valence-corrected chi connectivity index (χ1v) is 8.66. The van der Waals surface area contributed by atoms with E-state index < -0.39 is 0 Å². The van der Waals surface area contributed by atoms with E-state index in [1.165, 1.54) is 11.3 Å². The Kier molecular flexibility index (Phi) is 3.75. The Bertz CT molecular complexity index is 829. The Labute approximate surface area is 143 Å². The van der Waals surface area contributed by atoms with Gasteiger partial charge in [-0.1, -0.05) is 11.3 Å². The molecule has 2 aromatic rings. The fourth-order valence-electron chi connectivity index (χ4n) is 3.26. The first-order chi connectivity index (χ1) is 11.7. The third kappa shape index (κ3) is 2.46. The zero-order chi connectivity index (χ0) is 16.7. The number of piperazine rings is 2. The quantitative estimate of drug-likeness (QED) is 0.761. The van der Waals surface area contributed by atoms with E-state index in [0.717, 1.165) is 34.2 Å². The lowest BCUT2D eigenvalue weighted by molar-refractivity contribution is -0.127. The lowest BCUT2D eigenvalue weighted by atomic mass is 10.1. The molecular weight excluding hydrogens is 326 g/mol. The summed E-state index contributed by atoms with van der Waals surface area (Å²) in [5, 5.41) is 9.82. The van der Waals surface area contributed by atoms with Crippen LogP contribution in [0.3, 0.4) is 0 Å². The molecule has 1 atom stereocenters. The van der Waals surface area contributed by atoms with Gasteiger partial charge in [-0.25, -0.2) is 4.98 Å². The van der Waals surface area contributed by atoms with Crippen LogP contribution in [0.15, 0.2) is 18.2 Å². The maximum atomic E-state index is 12.9. The van der Waals surface area contributed by atoms with E-state index in [4.69, 9.17) is 10.00 Å². The Morgan fingerprint density at radius 2 is 2.17 bits per heavy atom. The van der Waals surface area contributed by atoms with Crippen molar-refractivity contribution in [1.82, 2.24) is 14.8 Å². The van der Waals surface area contributed by atoms with Gasteiger partial charge < -0.3 is 9.64 Å². The van der Waals surface area contributed by atoms with Crippen molar-refractivity contribution in [3.8, 4) is 11.9 Å². The van der Waals surface area contributed by atoms with Gasteiger partial charge in [-0.3, -0.25) is 14.6 Å². The van der Waals surface area contributed by atoms with E-state index in [1.807, 2.05) is 18.2 Å². The number of aromatic nitrogens is 1. The number of methoxy groups -OCH3 is 1. The number of carbonyl (C=O) groups is 1. The van der Waals surface area contributed by atoms with Crippen LogP contribution in [0, 0.1) is 11.5 Å². The van der Waals surface area contributed by atoms with Crippen molar-refractivity contribution in [2.45, 2.75) is 6.04 Å². The Morgan fingerprint density at radius 3 is 2.96 bits per heavy atom. The molecule has 0 N–H and O–H groups in total. The van der Waals surface area contributed by atoms with Gasteiger partial charge in [0.1, 0.15) is 11.8 Å². The van der Waals surface area contributed by atoms with Crippen molar-refractivity contribution in [3.05, 3.63) is 18.2 Å². The summed E-state index contributed by atoms with van der Waals surface area (Å²) in [4.78, 5) is 23.1. The molecule has 1 aromatic carbocycles. The molecule has 8 heteroatoms. The largest absolute Gasteiger partial charge is 0.497 e. The van der Waals surface area contributed by atoms with E-state index in [9.17, 15) is 4.79 Å². The molecule has 1 aromatic heterocycles. The number of carbonyl (C=O) groups excluding carboxylic acids is 1. The Morgan fingerprint density at radius 1 is 1.33 bits per heavy atom. The van der Waals surface area contributed by atoms with Crippen molar-refractivity contribution in [1.29, 1.82) is 5.26 Å². The zero-order valence-electron chi connectivity index (χ0n) is 13.3. The number of thiazole rings is 1. The summed E-state index contributed by atoms with van der Waals surface area (Å²) in [6.07, 6.45) is 2.16. The summed E-state index contributed by atoms with van der Waals surface area (Å²) < 4.78 is 6.25. The minimum Gasteiger partial charge on any atom is -0.497 e. The number of nitriles is 1. The van der Waals surface area contributed by atoms with Crippen molar-refractivity contribution in [3.63, 3.8) is 0 Å². The molecule has 124 valence electrons.